The number of hydrogen-bond donors (Lipinski definition) is 2. The third-order valence-electron chi connectivity index (χ3n) is 4.85. The fraction of sp³-hybridized carbons (Fsp3) is 0.208. The van der Waals surface area contributed by atoms with E-state index in [0.717, 1.165) is 28.8 Å². The predicted octanol–water partition coefficient (Wildman–Crippen LogP) is 4.19. The van der Waals surface area contributed by atoms with Crippen LogP contribution in [-0.4, -0.2) is 29.3 Å². The summed E-state index contributed by atoms with van der Waals surface area (Å²) in [6.45, 7) is 1.00. The van der Waals surface area contributed by atoms with Gasteiger partial charge in [0.25, 0.3) is 5.69 Å². The molecule has 1 atom stereocenters. The number of ether oxygens (including phenoxy) is 1. The molecule has 0 aromatic heterocycles. The molecule has 0 heterocycles. The number of benzene rings is 3. The summed E-state index contributed by atoms with van der Waals surface area (Å²) in [7, 11) is 0. The Morgan fingerprint density at radius 1 is 1.16 bits per heavy atom. The van der Waals surface area contributed by atoms with Crippen LogP contribution in [0.3, 0.4) is 0 Å². The van der Waals surface area contributed by atoms with Gasteiger partial charge in [0, 0.05) is 12.6 Å². The predicted molar refractivity (Wildman–Crippen MR) is 117 cm³/mol. The van der Waals surface area contributed by atoms with E-state index in [2.05, 4.69) is 11.4 Å². The molecule has 0 aliphatic heterocycles. The van der Waals surface area contributed by atoms with Gasteiger partial charge in [-0.15, -0.1) is 0 Å². The molecule has 0 saturated heterocycles. The monoisotopic (exact) mass is 435 g/mol. The number of aliphatic hydroxyl groups excluding tert-OH is 1. The number of nitro benzene ring substituents is 1. The normalized spacial score (nSPS) is 11.5. The van der Waals surface area contributed by atoms with Crippen molar-refractivity contribution < 1.29 is 19.2 Å². The third kappa shape index (κ3) is 6.11. The summed E-state index contributed by atoms with van der Waals surface area (Å²) in [5.74, 6) is -0.981. The van der Waals surface area contributed by atoms with Gasteiger partial charge in [0.05, 0.1) is 28.7 Å². The van der Waals surface area contributed by atoms with Crippen LogP contribution in [0.5, 0.6) is 5.75 Å². The molecule has 0 amide bonds. The zero-order valence-corrected chi connectivity index (χ0v) is 17.2. The quantitative estimate of drug-likeness (QED) is 0.281. The molecule has 8 heteroatoms. The Kier molecular flexibility index (Phi) is 7.86. The Labute approximate surface area is 184 Å². The molecule has 32 heavy (non-hydrogen) atoms. The molecule has 3 rings (SSSR count). The van der Waals surface area contributed by atoms with Gasteiger partial charge in [0.15, 0.2) is 11.6 Å². The maximum absolute atomic E-state index is 13.8. The summed E-state index contributed by atoms with van der Waals surface area (Å²) in [4.78, 5) is 9.94. The van der Waals surface area contributed by atoms with Gasteiger partial charge >= 0.3 is 0 Å². The summed E-state index contributed by atoms with van der Waals surface area (Å²) in [6, 6.07) is 20.6. The van der Waals surface area contributed by atoms with Gasteiger partial charge in [-0.05, 0) is 41.8 Å². The Balaban J connectivity index is 1.41. The van der Waals surface area contributed by atoms with Crippen molar-refractivity contribution in [3.8, 4) is 22.9 Å². The van der Waals surface area contributed by atoms with Crippen LogP contribution in [0, 0.1) is 27.3 Å². The number of nitriles is 1. The van der Waals surface area contributed by atoms with Crippen LogP contribution in [0.25, 0.3) is 11.1 Å². The van der Waals surface area contributed by atoms with Crippen molar-refractivity contribution in [2.75, 3.05) is 13.2 Å². The van der Waals surface area contributed by atoms with E-state index in [9.17, 15) is 24.9 Å². The van der Waals surface area contributed by atoms with Crippen LogP contribution >= 0.6 is 0 Å². The van der Waals surface area contributed by atoms with Gasteiger partial charge in [0.2, 0.25) is 0 Å². The van der Waals surface area contributed by atoms with Crippen LogP contribution in [-0.2, 0) is 6.54 Å². The number of rotatable bonds is 10. The molecule has 3 aromatic carbocycles. The SMILES string of the molecule is N#Cc1ccccc1-c1ccc(CNCCC(O)COc2ccc([N+](=O)[O-])cc2F)cc1. The van der Waals surface area contributed by atoms with E-state index in [-0.39, 0.29) is 18.0 Å². The van der Waals surface area contributed by atoms with E-state index in [0.29, 0.717) is 25.1 Å². The second kappa shape index (κ2) is 11.0. The Bertz CT molecular complexity index is 1110. The highest BCUT2D eigenvalue weighted by Crippen LogP contribution is 2.24. The number of nitrogens with zero attached hydrogens (tertiary/aromatic N) is 2. The second-order valence-corrected chi connectivity index (χ2v) is 7.16. The lowest BCUT2D eigenvalue weighted by atomic mass is 9.99. The average molecular weight is 435 g/mol. The van der Waals surface area contributed by atoms with E-state index in [1.54, 1.807) is 6.07 Å². The lowest BCUT2D eigenvalue weighted by Crippen LogP contribution is -2.24. The first-order valence-corrected chi connectivity index (χ1v) is 10.0. The maximum Gasteiger partial charge on any atom is 0.272 e. The van der Waals surface area contributed by atoms with Gasteiger partial charge < -0.3 is 15.2 Å². The summed E-state index contributed by atoms with van der Waals surface area (Å²) in [5, 5.41) is 33.1. The van der Waals surface area contributed by atoms with Crippen LogP contribution < -0.4 is 10.1 Å². The van der Waals surface area contributed by atoms with Crippen LogP contribution in [0.4, 0.5) is 10.1 Å². The van der Waals surface area contributed by atoms with Crippen molar-refractivity contribution in [1.82, 2.24) is 5.32 Å². The Morgan fingerprint density at radius 2 is 1.91 bits per heavy atom. The minimum atomic E-state index is -0.842. The summed E-state index contributed by atoms with van der Waals surface area (Å²) >= 11 is 0. The second-order valence-electron chi connectivity index (χ2n) is 7.16. The molecule has 1 unspecified atom stereocenters. The molecule has 0 fully saturated rings. The van der Waals surface area contributed by atoms with E-state index in [1.165, 1.54) is 6.07 Å². The molecule has 0 aliphatic rings. The topological polar surface area (TPSA) is 108 Å². The first kappa shape index (κ1) is 22.9. The Morgan fingerprint density at radius 3 is 2.59 bits per heavy atom. The lowest BCUT2D eigenvalue weighted by Gasteiger charge is -2.13. The molecule has 0 saturated carbocycles. The van der Waals surface area contributed by atoms with Crippen molar-refractivity contribution in [2.24, 2.45) is 0 Å². The fourth-order valence-corrected chi connectivity index (χ4v) is 3.13. The lowest BCUT2D eigenvalue weighted by molar-refractivity contribution is -0.385. The number of halogens is 1. The first-order chi connectivity index (χ1) is 15.5. The van der Waals surface area contributed by atoms with Crippen LogP contribution in [0.15, 0.2) is 66.7 Å². The highest BCUT2D eigenvalue weighted by molar-refractivity contribution is 5.70. The van der Waals surface area contributed by atoms with E-state index >= 15 is 0 Å². The standard InChI is InChI=1S/C24H22FN3O4/c25-23-13-20(28(30)31)9-10-24(23)32-16-21(29)11-12-27-15-17-5-7-18(8-6-17)22-4-2-1-3-19(22)14-26/h1-10,13,21,27,29H,11-12,15-16H2. The van der Waals surface area contributed by atoms with Gasteiger partial charge in [-0.1, -0.05) is 42.5 Å². The van der Waals surface area contributed by atoms with E-state index in [1.807, 2.05) is 42.5 Å². The van der Waals surface area contributed by atoms with Gasteiger partial charge in [0.1, 0.15) is 6.61 Å². The first-order valence-electron chi connectivity index (χ1n) is 10.0. The Hall–Kier alpha value is -3.80. The molecule has 3 aromatic rings. The number of nitro groups is 1. The minimum absolute atomic E-state index is 0.122. The number of hydrogen-bond acceptors (Lipinski definition) is 6. The van der Waals surface area contributed by atoms with Crippen molar-refractivity contribution >= 4 is 5.69 Å². The van der Waals surface area contributed by atoms with Crippen molar-refractivity contribution in [3.63, 3.8) is 0 Å². The maximum atomic E-state index is 13.8. The number of nitrogens with one attached hydrogen (secondary N) is 1. The molecular weight excluding hydrogens is 413 g/mol. The largest absolute Gasteiger partial charge is 0.488 e. The summed E-state index contributed by atoms with van der Waals surface area (Å²) in [5.41, 5.74) is 3.19. The van der Waals surface area contributed by atoms with Gasteiger partial charge in [-0.25, -0.2) is 4.39 Å². The van der Waals surface area contributed by atoms with E-state index < -0.39 is 16.8 Å². The van der Waals surface area contributed by atoms with Crippen molar-refractivity contribution in [3.05, 3.63) is 93.8 Å². The summed E-state index contributed by atoms with van der Waals surface area (Å²) in [6.07, 6.45) is -0.427. The fourth-order valence-electron chi connectivity index (χ4n) is 3.13. The molecule has 164 valence electrons. The zero-order chi connectivity index (χ0) is 22.9. The third-order valence-corrected chi connectivity index (χ3v) is 4.85. The van der Waals surface area contributed by atoms with Crippen LogP contribution in [0.2, 0.25) is 0 Å². The molecule has 0 spiro atoms. The molecule has 2 N–H and O–H groups in total. The van der Waals surface area contributed by atoms with Gasteiger partial charge in [-0.3, -0.25) is 10.1 Å². The van der Waals surface area contributed by atoms with Crippen molar-refractivity contribution in [1.29, 1.82) is 5.26 Å². The van der Waals surface area contributed by atoms with Crippen LogP contribution in [0.1, 0.15) is 17.5 Å². The molecule has 0 radical (unpaired) electrons. The molecular formula is C24H22FN3O4. The summed E-state index contributed by atoms with van der Waals surface area (Å²) < 4.78 is 19.0. The minimum Gasteiger partial charge on any atom is -0.488 e. The highest BCUT2D eigenvalue weighted by Gasteiger charge is 2.13. The number of non-ortho nitro benzene ring substituents is 1. The smallest absolute Gasteiger partial charge is 0.272 e. The van der Waals surface area contributed by atoms with Crippen molar-refractivity contribution in [2.45, 2.75) is 19.1 Å². The molecule has 7 nitrogen and oxygen atoms in total. The highest BCUT2D eigenvalue weighted by atomic mass is 19.1. The number of aliphatic hydroxyl groups is 1. The molecule has 0 bridgehead atoms. The average Bonchev–Trinajstić information content (AvgIpc) is 2.81. The van der Waals surface area contributed by atoms with Gasteiger partial charge in [-0.2, -0.15) is 5.26 Å². The molecule has 0 aliphatic carbocycles. The zero-order valence-electron chi connectivity index (χ0n) is 17.2. The van der Waals surface area contributed by atoms with E-state index in [4.69, 9.17) is 4.74 Å².